The summed E-state index contributed by atoms with van der Waals surface area (Å²) in [6.07, 6.45) is 0. The van der Waals surface area contributed by atoms with Gasteiger partial charge in [-0.15, -0.1) is 0 Å². The number of carboxylic acid groups (broad SMARTS) is 1. The molecule has 2 aromatic heterocycles. The van der Waals surface area contributed by atoms with E-state index in [0.29, 0.717) is 36.0 Å². The number of fused-ring (bicyclic) bond motifs is 2. The number of aryl methyl sites for hydroxylation is 1. The molecule has 1 aromatic carbocycles. The van der Waals surface area contributed by atoms with Crippen molar-refractivity contribution in [3.63, 3.8) is 0 Å². The predicted octanol–water partition coefficient (Wildman–Crippen LogP) is 0.769. The molecule has 0 saturated carbocycles. The van der Waals surface area contributed by atoms with Crippen LogP contribution in [0.5, 0.6) is 11.5 Å². The molecule has 4 rings (SSSR count). The number of hydrogen-bond acceptors (Lipinski definition) is 6. The summed E-state index contributed by atoms with van der Waals surface area (Å²) < 4.78 is 13.1. The normalized spacial score (nSPS) is 13.0. The third-order valence-electron chi connectivity index (χ3n) is 4.48. The standard InChI is InChI=1S/C18H15N3O6/c1-20-15-14(16(22)21(2)18(20)25)10(17(23)24)8-11(19-15)9-3-4-12-13(7-9)27-6-5-26-12/h3-4,7-8H,5-6H2,1-2H3,(H,23,24). The van der Waals surface area contributed by atoms with Crippen LogP contribution in [0.4, 0.5) is 0 Å². The number of carboxylic acids is 1. The minimum atomic E-state index is -1.28. The van der Waals surface area contributed by atoms with Crippen molar-refractivity contribution in [2.45, 2.75) is 0 Å². The average Bonchev–Trinajstić information content (AvgIpc) is 2.69. The highest BCUT2D eigenvalue weighted by Gasteiger charge is 2.21. The first-order chi connectivity index (χ1) is 12.9. The van der Waals surface area contributed by atoms with Crippen molar-refractivity contribution in [3.8, 4) is 22.8 Å². The molecule has 0 saturated heterocycles. The fraction of sp³-hybridized carbons (Fsp3) is 0.222. The van der Waals surface area contributed by atoms with Crippen LogP contribution in [0.1, 0.15) is 10.4 Å². The number of ether oxygens (including phenoxy) is 2. The van der Waals surface area contributed by atoms with E-state index in [-0.39, 0.29) is 16.6 Å². The van der Waals surface area contributed by atoms with E-state index in [1.807, 2.05) is 0 Å². The molecular formula is C18H15N3O6. The molecule has 0 spiro atoms. The quantitative estimate of drug-likeness (QED) is 0.710. The molecule has 138 valence electrons. The molecule has 9 heteroatoms. The van der Waals surface area contributed by atoms with Gasteiger partial charge in [-0.25, -0.2) is 14.6 Å². The molecule has 0 aliphatic carbocycles. The molecule has 0 atom stereocenters. The topological polar surface area (TPSA) is 113 Å². The molecule has 1 aliphatic rings. The Kier molecular flexibility index (Phi) is 3.72. The molecule has 27 heavy (non-hydrogen) atoms. The second kappa shape index (κ2) is 5.97. The monoisotopic (exact) mass is 369 g/mol. The third-order valence-corrected chi connectivity index (χ3v) is 4.48. The summed E-state index contributed by atoms with van der Waals surface area (Å²) in [5, 5.41) is 9.50. The maximum atomic E-state index is 12.5. The summed E-state index contributed by atoms with van der Waals surface area (Å²) in [6.45, 7) is 0.863. The second-order valence-electron chi connectivity index (χ2n) is 6.12. The van der Waals surface area contributed by atoms with Crippen LogP contribution in [-0.2, 0) is 14.1 Å². The summed E-state index contributed by atoms with van der Waals surface area (Å²) in [4.78, 5) is 40.9. The van der Waals surface area contributed by atoms with Gasteiger partial charge >= 0.3 is 11.7 Å². The van der Waals surface area contributed by atoms with Gasteiger partial charge in [-0.05, 0) is 24.3 Å². The molecule has 3 heterocycles. The van der Waals surface area contributed by atoms with Gasteiger partial charge in [-0.1, -0.05) is 0 Å². The minimum Gasteiger partial charge on any atom is -0.486 e. The van der Waals surface area contributed by atoms with E-state index in [4.69, 9.17) is 9.47 Å². The summed E-state index contributed by atoms with van der Waals surface area (Å²) in [5.41, 5.74) is -0.617. The van der Waals surface area contributed by atoms with Gasteiger partial charge in [0.1, 0.15) is 13.2 Å². The van der Waals surface area contributed by atoms with Crippen molar-refractivity contribution in [2.75, 3.05) is 13.2 Å². The van der Waals surface area contributed by atoms with Crippen molar-refractivity contribution in [1.82, 2.24) is 14.1 Å². The third kappa shape index (κ3) is 2.55. The molecule has 1 N–H and O–H groups in total. The van der Waals surface area contributed by atoms with Crippen molar-refractivity contribution in [2.24, 2.45) is 14.1 Å². The molecule has 0 bridgehead atoms. The summed E-state index contributed by atoms with van der Waals surface area (Å²) >= 11 is 0. The van der Waals surface area contributed by atoms with Gasteiger partial charge < -0.3 is 14.6 Å². The van der Waals surface area contributed by atoms with Crippen molar-refractivity contribution in [1.29, 1.82) is 0 Å². The van der Waals surface area contributed by atoms with E-state index in [2.05, 4.69) is 4.98 Å². The fourth-order valence-corrected chi connectivity index (χ4v) is 3.07. The molecule has 1 aliphatic heterocycles. The Morgan fingerprint density at radius 2 is 1.78 bits per heavy atom. The zero-order chi connectivity index (χ0) is 19.3. The van der Waals surface area contributed by atoms with Crippen molar-refractivity contribution < 1.29 is 19.4 Å². The Labute approximate surface area is 152 Å². The van der Waals surface area contributed by atoms with Gasteiger partial charge in [0, 0.05) is 19.7 Å². The Hall–Kier alpha value is -3.62. The van der Waals surface area contributed by atoms with Crippen LogP contribution < -0.4 is 20.7 Å². The van der Waals surface area contributed by atoms with E-state index in [1.165, 1.54) is 20.2 Å². The summed E-state index contributed by atoms with van der Waals surface area (Å²) in [5.74, 6) is -0.169. The Bertz CT molecular complexity index is 1220. The molecule has 0 amide bonds. The van der Waals surface area contributed by atoms with Gasteiger partial charge in [-0.3, -0.25) is 13.9 Å². The molecule has 3 aromatic rings. The molecular weight excluding hydrogens is 354 g/mol. The molecule has 0 radical (unpaired) electrons. The lowest BCUT2D eigenvalue weighted by Crippen LogP contribution is -2.38. The van der Waals surface area contributed by atoms with Gasteiger partial charge in [-0.2, -0.15) is 0 Å². The van der Waals surface area contributed by atoms with Crippen LogP contribution in [0.2, 0.25) is 0 Å². The van der Waals surface area contributed by atoms with Gasteiger partial charge in [0.2, 0.25) is 0 Å². The Morgan fingerprint density at radius 1 is 1.07 bits per heavy atom. The number of hydrogen-bond donors (Lipinski definition) is 1. The Morgan fingerprint density at radius 3 is 2.48 bits per heavy atom. The lowest BCUT2D eigenvalue weighted by molar-refractivity contribution is 0.0699. The smallest absolute Gasteiger partial charge is 0.336 e. The number of benzene rings is 1. The van der Waals surface area contributed by atoms with Crippen LogP contribution in [0.3, 0.4) is 0 Å². The summed E-state index contributed by atoms with van der Waals surface area (Å²) in [6, 6.07) is 6.43. The van der Waals surface area contributed by atoms with E-state index in [9.17, 15) is 19.5 Å². The second-order valence-corrected chi connectivity index (χ2v) is 6.12. The molecule has 0 unspecified atom stereocenters. The van der Waals surface area contributed by atoms with E-state index in [1.54, 1.807) is 18.2 Å². The lowest BCUT2D eigenvalue weighted by Gasteiger charge is -2.19. The van der Waals surface area contributed by atoms with Crippen LogP contribution in [0.15, 0.2) is 33.9 Å². The zero-order valence-electron chi connectivity index (χ0n) is 14.6. The highest BCUT2D eigenvalue weighted by atomic mass is 16.6. The number of aromatic carboxylic acids is 1. The Balaban J connectivity index is 2.05. The molecule has 0 fully saturated rings. The SMILES string of the molecule is Cn1c(=O)c2c(C(=O)O)cc(-c3ccc4c(c3)OCCO4)nc2n(C)c1=O. The van der Waals surface area contributed by atoms with Gasteiger partial charge in [0.15, 0.2) is 17.1 Å². The van der Waals surface area contributed by atoms with Crippen molar-refractivity contribution >= 4 is 17.0 Å². The summed E-state index contributed by atoms with van der Waals surface area (Å²) in [7, 11) is 2.74. The number of pyridine rings is 1. The van der Waals surface area contributed by atoms with Crippen LogP contribution in [0, 0.1) is 0 Å². The first-order valence-corrected chi connectivity index (χ1v) is 8.12. The largest absolute Gasteiger partial charge is 0.486 e. The van der Waals surface area contributed by atoms with Crippen LogP contribution >= 0.6 is 0 Å². The van der Waals surface area contributed by atoms with E-state index >= 15 is 0 Å². The van der Waals surface area contributed by atoms with Crippen LogP contribution in [-0.4, -0.2) is 38.4 Å². The predicted molar refractivity (Wildman–Crippen MR) is 95.6 cm³/mol. The number of carbonyl (C=O) groups is 1. The highest BCUT2D eigenvalue weighted by Crippen LogP contribution is 2.34. The maximum Gasteiger partial charge on any atom is 0.336 e. The first-order valence-electron chi connectivity index (χ1n) is 8.12. The first kappa shape index (κ1) is 16.8. The van der Waals surface area contributed by atoms with Gasteiger partial charge in [0.05, 0.1) is 16.6 Å². The molecule has 9 nitrogen and oxygen atoms in total. The van der Waals surface area contributed by atoms with E-state index < -0.39 is 17.2 Å². The number of aromatic nitrogens is 3. The lowest BCUT2D eigenvalue weighted by atomic mass is 10.1. The highest BCUT2D eigenvalue weighted by molar-refractivity contribution is 6.02. The van der Waals surface area contributed by atoms with Gasteiger partial charge in [0.25, 0.3) is 5.56 Å². The zero-order valence-corrected chi connectivity index (χ0v) is 14.6. The maximum absolute atomic E-state index is 12.5. The average molecular weight is 369 g/mol. The van der Waals surface area contributed by atoms with Crippen molar-refractivity contribution in [3.05, 3.63) is 50.7 Å². The fourth-order valence-electron chi connectivity index (χ4n) is 3.07. The van der Waals surface area contributed by atoms with E-state index in [0.717, 1.165) is 9.13 Å². The van der Waals surface area contributed by atoms with Crippen LogP contribution in [0.25, 0.3) is 22.3 Å². The number of rotatable bonds is 2. The number of nitrogens with zero attached hydrogens (tertiary/aromatic N) is 3. The minimum absolute atomic E-state index is 0.00730.